The summed E-state index contributed by atoms with van der Waals surface area (Å²) in [7, 11) is 0. The second-order valence-electron chi connectivity index (χ2n) is 7.28. The van der Waals surface area contributed by atoms with E-state index in [1.54, 1.807) is 6.26 Å². The highest BCUT2D eigenvalue weighted by Crippen LogP contribution is 2.34. The van der Waals surface area contributed by atoms with Gasteiger partial charge in [-0.1, -0.05) is 5.16 Å². The zero-order valence-corrected chi connectivity index (χ0v) is 16.2. The Kier molecular flexibility index (Phi) is 5.23. The Hall–Kier alpha value is -2.96. The molecule has 0 aliphatic carbocycles. The predicted octanol–water partition coefficient (Wildman–Crippen LogP) is 3.68. The molecule has 1 aliphatic rings. The van der Waals surface area contributed by atoms with Gasteiger partial charge in [-0.3, -0.25) is 4.79 Å². The van der Waals surface area contributed by atoms with Gasteiger partial charge in [-0.25, -0.2) is 9.97 Å². The SMILES string of the molecule is Cc1cc(-c2cnc(C)nc2C2CCN(C(=O)CCc3ccco3)CC2)on1. The van der Waals surface area contributed by atoms with Gasteiger partial charge in [-0.15, -0.1) is 0 Å². The van der Waals surface area contributed by atoms with Gasteiger partial charge in [0, 0.05) is 44.1 Å². The van der Waals surface area contributed by atoms with E-state index in [2.05, 4.69) is 10.1 Å². The van der Waals surface area contributed by atoms with E-state index in [4.69, 9.17) is 13.9 Å². The van der Waals surface area contributed by atoms with Crippen LogP contribution in [0.4, 0.5) is 0 Å². The third-order valence-electron chi connectivity index (χ3n) is 5.23. The van der Waals surface area contributed by atoms with Crippen LogP contribution in [0.5, 0.6) is 0 Å². The number of amides is 1. The summed E-state index contributed by atoms with van der Waals surface area (Å²) in [6.45, 7) is 5.26. The molecule has 1 fully saturated rings. The van der Waals surface area contributed by atoms with Gasteiger partial charge in [0.15, 0.2) is 5.76 Å². The minimum atomic E-state index is 0.180. The maximum Gasteiger partial charge on any atom is 0.223 e. The molecule has 4 heterocycles. The van der Waals surface area contributed by atoms with Gasteiger partial charge in [0.05, 0.1) is 23.2 Å². The fourth-order valence-electron chi connectivity index (χ4n) is 3.72. The molecule has 7 nitrogen and oxygen atoms in total. The van der Waals surface area contributed by atoms with Crippen molar-refractivity contribution in [1.82, 2.24) is 20.0 Å². The normalized spacial score (nSPS) is 15.1. The monoisotopic (exact) mass is 380 g/mol. The summed E-state index contributed by atoms with van der Waals surface area (Å²) in [5.74, 6) is 2.75. The van der Waals surface area contributed by atoms with Crippen LogP contribution in [0.1, 0.15) is 48.2 Å². The van der Waals surface area contributed by atoms with Crippen LogP contribution in [0.3, 0.4) is 0 Å². The fourth-order valence-corrected chi connectivity index (χ4v) is 3.72. The summed E-state index contributed by atoms with van der Waals surface area (Å²) in [5, 5.41) is 3.99. The largest absolute Gasteiger partial charge is 0.469 e. The summed E-state index contributed by atoms with van der Waals surface area (Å²) >= 11 is 0. The molecule has 1 aliphatic heterocycles. The van der Waals surface area contributed by atoms with Crippen molar-refractivity contribution in [3.63, 3.8) is 0 Å². The number of hydrogen-bond donors (Lipinski definition) is 0. The molecule has 0 radical (unpaired) electrons. The molecule has 3 aromatic rings. The first kappa shape index (κ1) is 18.4. The van der Waals surface area contributed by atoms with Crippen LogP contribution in [0, 0.1) is 13.8 Å². The molecule has 0 aromatic carbocycles. The molecule has 146 valence electrons. The summed E-state index contributed by atoms with van der Waals surface area (Å²) in [5.41, 5.74) is 2.72. The van der Waals surface area contributed by atoms with Crippen molar-refractivity contribution in [2.75, 3.05) is 13.1 Å². The maximum atomic E-state index is 12.5. The number of aromatic nitrogens is 3. The molecule has 7 heteroatoms. The molecular weight excluding hydrogens is 356 g/mol. The second-order valence-corrected chi connectivity index (χ2v) is 7.28. The number of nitrogens with zero attached hydrogens (tertiary/aromatic N) is 4. The zero-order valence-electron chi connectivity index (χ0n) is 16.2. The highest BCUT2D eigenvalue weighted by Gasteiger charge is 2.27. The van der Waals surface area contributed by atoms with Crippen LogP contribution in [0.15, 0.2) is 39.6 Å². The number of carbonyl (C=O) groups excluding carboxylic acids is 1. The van der Waals surface area contributed by atoms with Gasteiger partial charge in [0.25, 0.3) is 0 Å². The van der Waals surface area contributed by atoms with Gasteiger partial charge in [0.1, 0.15) is 11.6 Å². The molecule has 0 saturated carbocycles. The van der Waals surface area contributed by atoms with E-state index in [0.29, 0.717) is 18.6 Å². The van der Waals surface area contributed by atoms with Crippen LogP contribution in [-0.4, -0.2) is 39.0 Å². The molecule has 0 atom stereocenters. The lowest BCUT2D eigenvalue weighted by Gasteiger charge is -2.32. The Morgan fingerprint density at radius 1 is 1.29 bits per heavy atom. The average Bonchev–Trinajstić information content (AvgIpc) is 3.38. The minimum Gasteiger partial charge on any atom is -0.469 e. The number of likely N-dealkylation sites (tertiary alicyclic amines) is 1. The number of aryl methyl sites for hydroxylation is 3. The second kappa shape index (κ2) is 7.96. The Morgan fingerprint density at radius 3 is 2.79 bits per heavy atom. The quantitative estimate of drug-likeness (QED) is 0.671. The van der Waals surface area contributed by atoms with Crippen molar-refractivity contribution in [3.05, 3.63) is 53.6 Å². The molecule has 0 spiro atoms. The van der Waals surface area contributed by atoms with Gasteiger partial charge in [0.2, 0.25) is 5.91 Å². The molecule has 28 heavy (non-hydrogen) atoms. The van der Waals surface area contributed by atoms with E-state index in [9.17, 15) is 4.79 Å². The number of furan rings is 1. The Morgan fingerprint density at radius 2 is 2.11 bits per heavy atom. The van der Waals surface area contributed by atoms with Gasteiger partial charge in [-0.05, 0) is 38.8 Å². The van der Waals surface area contributed by atoms with E-state index in [1.807, 2.05) is 43.1 Å². The van der Waals surface area contributed by atoms with Crippen molar-refractivity contribution in [1.29, 1.82) is 0 Å². The van der Waals surface area contributed by atoms with Crippen LogP contribution in [-0.2, 0) is 11.2 Å². The highest BCUT2D eigenvalue weighted by atomic mass is 16.5. The predicted molar refractivity (Wildman–Crippen MR) is 103 cm³/mol. The fraction of sp³-hybridized carbons (Fsp3) is 0.429. The molecule has 1 amide bonds. The molecule has 0 unspecified atom stereocenters. The highest BCUT2D eigenvalue weighted by molar-refractivity contribution is 5.76. The van der Waals surface area contributed by atoms with Crippen molar-refractivity contribution < 1.29 is 13.7 Å². The third kappa shape index (κ3) is 3.98. The number of carbonyl (C=O) groups is 1. The van der Waals surface area contributed by atoms with E-state index in [-0.39, 0.29) is 11.8 Å². The average molecular weight is 380 g/mol. The van der Waals surface area contributed by atoms with Crippen LogP contribution < -0.4 is 0 Å². The topological polar surface area (TPSA) is 85.3 Å². The Balaban J connectivity index is 1.42. The molecular formula is C21H24N4O3. The van der Waals surface area contributed by atoms with Gasteiger partial charge < -0.3 is 13.8 Å². The summed E-state index contributed by atoms with van der Waals surface area (Å²) < 4.78 is 10.8. The summed E-state index contributed by atoms with van der Waals surface area (Å²) in [6.07, 6.45) is 6.34. The van der Waals surface area contributed by atoms with Crippen molar-refractivity contribution >= 4 is 5.91 Å². The zero-order chi connectivity index (χ0) is 19.5. The molecule has 1 saturated heterocycles. The van der Waals surface area contributed by atoms with Crippen LogP contribution in [0.2, 0.25) is 0 Å². The third-order valence-corrected chi connectivity index (χ3v) is 5.23. The van der Waals surface area contributed by atoms with Crippen LogP contribution >= 0.6 is 0 Å². The maximum absolute atomic E-state index is 12.5. The van der Waals surface area contributed by atoms with E-state index >= 15 is 0 Å². The lowest BCUT2D eigenvalue weighted by molar-refractivity contribution is -0.132. The Bertz CT molecular complexity index is 940. The van der Waals surface area contributed by atoms with E-state index < -0.39 is 0 Å². The van der Waals surface area contributed by atoms with Gasteiger partial charge in [-0.2, -0.15) is 0 Å². The molecule has 4 rings (SSSR count). The number of piperidine rings is 1. The van der Waals surface area contributed by atoms with Crippen molar-refractivity contribution in [3.8, 4) is 11.3 Å². The lowest BCUT2D eigenvalue weighted by Crippen LogP contribution is -2.38. The first-order chi connectivity index (χ1) is 13.6. The minimum absolute atomic E-state index is 0.180. The molecule has 0 bridgehead atoms. The standard InChI is InChI=1S/C21H24N4O3/c1-14-12-19(28-24-14)18-13-22-15(2)23-21(18)16-7-9-25(10-8-16)20(26)6-5-17-4-3-11-27-17/h3-4,11-13,16H,5-10H2,1-2H3. The first-order valence-corrected chi connectivity index (χ1v) is 9.67. The van der Waals surface area contributed by atoms with Gasteiger partial charge >= 0.3 is 0 Å². The first-order valence-electron chi connectivity index (χ1n) is 9.67. The Labute approximate surface area is 163 Å². The van der Waals surface area contributed by atoms with Crippen LogP contribution in [0.25, 0.3) is 11.3 Å². The lowest BCUT2D eigenvalue weighted by atomic mass is 9.90. The van der Waals surface area contributed by atoms with Crippen molar-refractivity contribution in [2.24, 2.45) is 0 Å². The van der Waals surface area contributed by atoms with E-state index in [1.165, 1.54) is 0 Å². The summed E-state index contributed by atoms with van der Waals surface area (Å²) in [6, 6.07) is 5.66. The molecule has 0 N–H and O–H groups in total. The van der Waals surface area contributed by atoms with Crippen molar-refractivity contribution in [2.45, 2.75) is 45.4 Å². The molecule has 3 aromatic heterocycles. The summed E-state index contributed by atoms with van der Waals surface area (Å²) in [4.78, 5) is 23.5. The van der Waals surface area contributed by atoms with E-state index in [0.717, 1.165) is 54.5 Å². The number of rotatable bonds is 5. The smallest absolute Gasteiger partial charge is 0.223 e. The number of hydrogen-bond acceptors (Lipinski definition) is 6.